The Morgan fingerprint density at radius 2 is 2.06 bits per heavy atom. The highest BCUT2D eigenvalue weighted by Crippen LogP contribution is 2.20. The van der Waals surface area contributed by atoms with Crippen molar-refractivity contribution in [3.63, 3.8) is 0 Å². The number of aryl methyl sites for hydroxylation is 1. The molecular formula is C9H13N7. The number of nitrogens with zero attached hydrogens (tertiary/aromatic N) is 4. The first-order valence-electron chi connectivity index (χ1n) is 4.75. The molecular weight excluding hydrogens is 206 g/mol. The van der Waals surface area contributed by atoms with E-state index >= 15 is 0 Å². The van der Waals surface area contributed by atoms with Crippen LogP contribution in [0.5, 0.6) is 0 Å². The van der Waals surface area contributed by atoms with Gasteiger partial charge in [0, 0.05) is 24.9 Å². The molecule has 2 aromatic heterocycles. The van der Waals surface area contributed by atoms with Crippen molar-refractivity contribution in [2.24, 2.45) is 12.9 Å². The second kappa shape index (κ2) is 4.15. The second-order valence-corrected chi connectivity index (χ2v) is 3.34. The van der Waals surface area contributed by atoms with Crippen LogP contribution in [0.15, 0.2) is 18.6 Å². The summed E-state index contributed by atoms with van der Waals surface area (Å²) in [5.41, 5.74) is 3.35. The van der Waals surface area contributed by atoms with Crippen molar-refractivity contribution in [2.75, 3.05) is 10.7 Å². The number of hydrogen-bond acceptors (Lipinski definition) is 6. The Bertz CT molecular complexity index is 490. The Hall–Kier alpha value is -2.15. The van der Waals surface area contributed by atoms with Crippen LogP contribution in [0.4, 0.5) is 17.5 Å². The van der Waals surface area contributed by atoms with Gasteiger partial charge in [-0.25, -0.2) is 15.8 Å². The van der Waals surface area contributed by atoms with E-state index in [0.29, 0.717) is 11.6 Å². The quantitative estimate of drug-likeness (QED) is 0.515. The van der Waals surface area contributed by atoms with Crippen molar-refractivity contribution in [1.82, 2.24) is 19.7 Å². The largest absolute Gasteiger partial charge is 0.323 e. The fourth-order valence-corrected chi connectivity index (χ4v) is 1.32. The lowest BCUT2D eigenvalue weighted by Crippen LogP contribution is -2.11. The lowest BCUT2D eigenvalue weighted by molar-refractivity contribution is 0.771. The van der Waals surface area contributed by atoms with Crippen LogP contribution in [0.1, 0.15) is 5.56 Å². The van der Waals surface area contributed by atoms with Crippen molar-refractivity contribution in [3.8, 4) is 0 Å². The summed E-state index contributed by atoms with van der Waals surface area (Å²) in [4.78, 5) is 8.12. The van der Waals surface area contributed by atoms with Crippen molar-refractivity contribution in [1.29, 1.82) is 0 Å². The molecule has 0 aliphatic rings. The van der Waals surface area contributed by atoms with E-state index in [1.54, 1.807) is 4.68 Å². The third-order valence-electron chi connectivity index (χ3n) is 2.18. The predicted molar refractivity (Wildman–Crippen MR) is 61.1 cm³/mol. The molecule has 16 heavy (non-hydrogen) atoms. The molecule has 7 nitrogen and oxygen atoms in total. The molecule has 7 heteroatoms. The Morgan fingerprint density at radius 3 is 2.69 bits per heavy atom. The van der Waals surface area contributed by atoms with Gasteiger partial charge in [-0.3, -0.25) is 4.68 Å². The highest BCUT2D eigenvalue weighted by Gasteiger charge is 2.06. The van der Waals surface area contributed by atoms with Gasteiger partial charge >= 0.3 is 0 Å². The van der Waals surface area contributed by atoms with Gasteiger partial charge in [0.05, 0.1) is 0 Å². The van der Waals surface area contributed by atoms with E-state index in [4.69, 9.17) is 5.84 Å². The zero-order valence-corrected chi connectivity index (χ0v) is 9.10. The molecule has 0 bridgehead atoms. The molecule has 0 amide bonds. The molecule has 2 rings (SSSR count). The number of nitrogen functional groups attached to an aromatic ring is 1. The number of nitrogens with two attached hydrogens (primary N) is 1. The molecule has 0 aliphatic heterocycles. The Morgan fingerprint density at radius 1 is 1.31 bits per heavy atom. The minimum absolute atomic E-state index is 0.591. The molecule has 0 atom stereocenters. The second-order valence-electron chi connectivity index (χ2n) is 3.34. The maximum atomic E-state index is 5.33. The van der Waals surface area contributed by atoms with Crippen LogP contribution in [0.25, 0.3) is 0 Å². The zero-order valence-electron chi connectivity index (χ0n) is 9.10. The van der Waals surface area contributed by atoms with Crippen molar-refractivity contribution >= 4 is 17.5 Å². The Balaban J connectivity index is 2.28. The van der Waals surface area contributed by atoms with Gasteiger partial charge in [-0.05, 0) is 6.92 Å². The topological polar surface area (TPSA) is 93.7 Å². The van der Waals surface area contributed by atoms with Crippen LogP contribution < -0.4 is 16.6 Å². The van der Waals surface area contributed by atoms with Crippen LogP contribution in [0, 0.1) is 6.92 Å². The lowest BCUT2D eigenvalue weighted by Gasteiger charge is -2.08. The number of anilines is 3. The van der Waals surface area contributed by atoms with Gasteiger partial charge < -0.3 is 10.7 Å². The molecule has 4 N–H and O–H groups in total. The molecule has 84 valence electrons. The van der Waals surface area contributed by atoms with E-state index in [9.17, 15) is 0 Å². The highest BCUT2D eigenvalue weighted by atomic mass is 15.3. The first kappa shape index (κ1) is 10.4. The minimum Gasteiger partial charge on any atom is -0.323 e. The fourth-order valence-electron chi connectivity index (χ4n) is 1.32. The van der Waals surface area contributed by atoms with Crippen molar-refractivity contribution in [2.45, 2.75) is 6.92 Å². The number of rotatable bonds is 3. The number of nitrogens with one attached hydrogen (secondary N) is 2. The summed E-state index contributed by atoms with van der Waals surface area (Å²) in [6, 6.07) is 1.86. The highest BCUT2D eigenvalue weighted by molar-refractivity contribution is 5.61. The Labute approximate surface area is 92.7 Å². The van der Waals surface area contributed by atoms with Gasteiger partial charge in [0.2, 0.25) is 0 Å². The number of aromatic nitrogens is 4. The zero-order chi connectivity index (χ0) is 11.5. The van der Waals surface area contributed by atoms with E-state index < -0.39 is 0 Å². The van der Waals surface area contributed by atoms with Crippen LogP contribution in [-0.4, -0.2) is 19.7 Å². The van der Waals surface area contributed by atoms with Gasteiger partial charge in [0.1, 0.15) is 18.0 Å². The fraction of sp³-hybridized carbons (Fsp3) is 0.222. The number of hydrogen-bond donors (Lipinski definition) is 3. The third kappa shape index (κ3) is 1.94. The average Bonchev–Trinajstić information content (AvgIpc) is 2.67. The molecule has 0 radical (unpaired) electrons. The van der Waals surface area contributed by atoms with E-state index in [-0.39, 0.29) is 0 Å². The maximum absolute atomic E-state index is 5.33. The molecule has 0 aromatic carbocycles. The average molecular weight is 219 g/mol. The molecule has 2 aromatic rings. The third-order valence-corrected chi connectivity index (χ3v) is 2.18. The summed E-state index contributed by atoms with van der Waals surface area (Å²) >= 11 is 0. The summed E-state index contributed by atoms with van der Waals surface area (Å²) in [6.07, 6.45) is 3.29. The molecule has 0 saturated carbocycles. The minimum atomic E-state index is 0.591. The predicted octanol–water partition coefficient (Wildman–Crippen LogP) is 0.548. The first-order valence-corrected chi connectivity index (χ1v) is 4.75. The van der Waals surface area contributed by atoms with Crippen LogP contribution >= 0.6 is 0 Å². The molecule has 2 heterocycles. The van der Waals surface area contributed by atoms with Gasteiger partial charge in [-0.1, -0.05) is 0 Å². The lowest BCUT2D eigenvalue weighted by atomic mass is 10.3. The summed E-state index contributed by atoms with van der Waals surface area (Å²) < 4.78 is 1.71. The summed E-state index contributed by atoms with van der Waals surface area (Å²) in [5, 5.41) is 7.29. The van der Waals surface area contributed by atoms with Gasteiger partial charge in [-0.2, -0.15) is 5.10 Å². The monoisotopic (exact) mass is 219 g/mol. The van der Waals surface area contributed by atoms with E-state index in [2.05, 4.69) is 25.8 Å². The standard InChI is InChI=1S/C9H13N7/c1-6-8(11-5-12-9(6)14-10)13-7-3-4-16(2)15-7/h3-5H,10H2,1-2H3,(H2,11,12,13,14,15). The van der Waals surface area contributed by atoms with Gasteiger partial charge in [-0.15, -0.1) is 0 Å². The molecule has 0 unspecified atom stereocenters. The normalized spacial score (nSPS) is 10.2. The first-order chi connectivity index (χ1) is 7.70. The molecule has 0 spiro atoms. The molecule has 0 fully saturated rings. The van der Waals surface area contributed by atoms with Gasteiger partial charge in [0.25, 0.3) is 0 Å². The summed E-state index contributed by atoms with van der Waals surface area (Å²) in [7, 11) is 1.85. The van der Waals surface area contributed by atoms with E-state index in [0.717, 1.165) is 11.4 Å². The van der Waals surface area contributed by atoms with E-state index in [1.165, 1.54) is 6.33 Å². The molecule has 0 saturated heterocycles. The Kier molecular flexibility index (Phi) is 2.69. The van der Waals surface area contributed by atoms with Crippen molar-refractivity contribution in [3.05, 3.63) is 24.2 Å². The summed E-state index contributed by atoms with van der Waals surface area (Å²) in [5.74, 6) is 7.33. The van der Waals surface area contributed by atoms with Crippen LogP contribution in [0.3, 0.4) is 0 Å². The van der Waals surface area contributed by atoms with Gasteiger partial charge in [0.15, 0.2) is 5.82 Å². The maximum Gasteiger partial charge on any atom is 0.153 e. The molecule has 0 aliphatic carbocycles. The smallest absolute Gasteiger partial charge is 0.153 e. The number of hydrazine groups is 1. The SMILES string of the molecule is Cc1c(NN)ncnc1Nc1ccn(C)n1. The summed E-state index contributed by atoms with van der Waals surface area (Å²) in [6.45, 7) is 1.88. The van der Waals surface area contributed by atoms with E-state index in [1.807, 2.05) is 26.2 Å². The van der Waals surface area contributed by atoms with Crippen LogP contribution in [0.2, 0.25) is 0 Å². The van der Waals surface area contributed by atoms with Crippen molar-refractivity contribution < 1.29 is 0 Å². The van der Waals surface area contributed by atoms with Crippen LogP contribution in [-0.2, 0) is 7.05 Å².